The molecule has 2 saturated carbocycles. The highest BCUT2D eigenvalue weighted by molar-refractivity contribution is 5.83. The third-order valence-corrected chi connectivity index (χ3v) is 4.44. The Hall–Kier alpha value is -1.08. The monoisotopic (exact) mass is 249 g/mol. The van der Waals surface area contributed by atoms with Crippen molar-refractivity contribution in [2.24, 2.45) is 11.1 Å². The second-order valence-electron chi connectivity index (χ2n) is 6.37. The lowest BCUT2D eigenvalue weighted by molar-refractivity contribution is -0.123. The molecule has 100 valence electrons. The van der Waals surface area contributed by atoms with Crippen LogP contribution in [-0.2, 0) is 4.79 Å². The Kier molecular flexibility index (Phi) is 3.63. The third kappa shape index (κ3) is 3.02. The third-order valence-electron chi connectivity index (χ3n) is 4.44. The van der Waals surface area contributed by atoms with Gasteiger partial charge in [0, 0.05) is 0 Å². The van der Waals surface area contributed by atoms with E-state index in [2.05, 4.69) is 18.3 Å². The summed E-state index contributed by atoms with van der Waals surface area (Å²) in [7, 11) is 0. The molecule has 4 heteroatoms. The van der Waals surface area contributed by atoms with Gasteiger partial charge in [-0.1, -0.05) is 26.2 Å². The van der Waals surface area contributed by atoms with Crippen molar-refractivity contribution < 1.29 is 4.79 Å². The highest BCUT2D eigenvalue weighted by Crippen LogP contribution is 2.40. The number of rotatable bonds is 4. The van der Waals surface area contributed by atoms with Crippen LogP contribution in [0.3, 0.4) is 0 Å². The summed E-state index contributed by atoms with van der Waals surface area (Å²) >= 11 is 0. The molecule has 2 aliphatic rings. The van der Waals surface area contributed by atoms with Crippen LogP contribution in [0.25, 0.3) is 0 Å². The molecule has 4 nitrogen and oxygen atoms in total. The number of nitrogens with one attached hydrogen (secondary N) is 1. The molecular weight excluding hydrogens is 226 g/mol. The molecule has 3 N–H and O–H groups in total. The van der Waals surface area contributed by atoms with Gasteiger partial charge < -0.3 is 11.1 Å². The molecule has 0 aromatic rings. The predicted molar refractivity (Wildman–Crippen MR) is 69.5 cm³/mol. The topological polar surface area (TPSA) is 78.9 Å². The number of amides is 1. The Labute approximate surface area is 109 Å². The number of nitrogens with two attached hydrogens (primary N) is 1. The molecule has 0 unspecified atom stereocenters. The van der Waals surface area contributed by atoms with Crippen molar-refractivity contribution in [3.8, 4) is 6.07 Å². The molecule has 0 aliphatic heterocycles. The molecule has 0 saturated heterocycles. The molecule has 1 atom stereocenters. The first kappa shape index (κ1) is 13.4. The van der Waals surface area contributed by atoms with Gasteiger partial charge in [0.15, 0.2) is 0 Å². The largest absolute Gasteiger partial charge is 0.336 e. The minimum Gasteiger partial charge on any atom is -0.336 e. The standard InChI is InChI=1S/C14H23N3O/c1-13(5-3-2-4-6-13)9-11(16)12(18)17-14(10-15)7-8-14/h11H,2-9,16H2,1H3,(H,17,18)/t11-/m0/s1. The van der Waals surface area contributed by atoms with Crippen molar-refractivity contribution in [2.45, 2.75) is 69.9 Å². The van der Waals surface area contributed by atoms with E-state index in [0.29, 0.717) is 0 Å². The summed E-state index contributed by atoms with van der Waals surface area (Å²) in [5.74, 6) is -0.152. The Morgan fingerprint density at radius 2 is 1.94 bits per heavy atom. The van der Waals surface area contributed by atoms with E-state index in [1.54, 1.807) is 0 Å². The van der Waals surface area contributed by atoms with Gasteiger partial charge in [0.2, 0.25) is 5.91 Å². The summed E-state index contributed by atoms with van der Waals surface area (Å²) in [5.41, 5.74) is 5.61. The van der Waals surface area contributed by atoms with Crippen molar-refractivity contribution in [1.29, 1.82) is 5.26 Å². The van der Waals surface area contributed by atoms with E-state index in [-0.39, 0.29) is 11.3 Å². The van der Waals surface area contributed by atoms with Crippen LogP contribution in [0.4, 0.5) is 0 Å². The lowest BCUT2D eigenvalue weighted by Gasteiger charge is -2.35. The van der Waals surface area contributed by atoms with Crippen LogP contribution in [0.2, 0.25) is 0 Å². The smallest absolute Gasteiger partial charge is 0.238 e. The molecular formula is C14H23N3O. The van der Waals surface area contributed by atoms with E-state index in [0.717, 1.165) is 32.1 Å². The molecule has 0 bridgehead atoms. The first-order chi connectivity index (χ1) is 8.49. The number of hydrogen-bond acceptors (Lipinski definition) is 3. The summed E-state index contributed by atoms with van der Waals surface area (Å²) in [4.78, 5) is 12.0. The van der Waals surface area contributed by atoms with Crippen molar-refractivity contribution >= 4 is 5.91 Å². The van der Waals surface area contributed by atoms with E-state index in [4.69, 9.17) is 11.0 Å². The molecule has 2 rings (SSSR count). The van der Waals surface area contributed by atoms with Gasteiger partial charge in [-0.15, -0.1) is 0 Å². The van der Waals surface area contributed by atoms with Crippen molar-refractivity contribution in [3.05, 3.63) is 0 Å². The summed E-state index contributed by atoms with van der Waals surface area (Å²) in [6.45, 7) is 2.23. The molecule has 0 aromatic carbocycles. The lowest BCUT2D eigenvalue weighted by Crippen LogP contribution is -2.48. The van der Waals surface area contributed by atoms with Crippen LogP contribution in [0, 0.1) is 16.7 Å². The molecule has 18 heavy (non-hydrogen) atoms. The van der Waals surface area contributed by atoms with Crippen LogP contribution >= 0.6 is 0 Å². The van der Waals surface area contributed by atoms with Gasteiger partial charge in [-0.05, 0) is 37.5 Å². The summed E-state index contributed by atoms with van der Waals surface area (Å²) in [6, 6.07) is 1.69. The Morgan fingerprint density at radius 1 is 1.33 bits per heavy atom. The molecule has 1 amide bonds. The van der Waals surface area contributed by atoms with Gasteiger partial charge >= 0.3 is 0 Å². The quantitative estimate of drug-likeness (QED) is 0.798. The van der Waals surface area contributed by atoms with E-state index in [9.17, 15) is 4.79 Å². The maximum atomic E-state index is 12.0. The van der Waals surface area contributed by atoms with Gasteiger partial charge in [-0.2, -0.15) is 5.26 Å². The SMILES string of the molecule is CC1(C[C@H](N)C(=O)NC2(C#N)CC2)CCCCC1. The average molecular weight is 249 g/mol. The van der Waals surface area contributed by atoms with Crippen LogP contribution in [0.15, 0.2) is 0 Å². The number of carbonyl (C=O) groups excluding carboxylic acids is 1. The zero-order valence-electron chi connectivity index (χ0n) is 11.2. The number of hydrogen-bond donors (Lipinski definition) is 2. The number of nitriles is 1. The summed E-state index contributed by atoms with van der Waals surface area (Å²) in [6.07, 6.45) is 8.38. The fraction of sp³-hybridized carbons (Fsp3) is 0.857. The fourth-order valence-corrected chi connectivity index (χ4v) is 2.95. The first-order valence-corrected chi connectivity index (χ1v) is 6.98. The van der Waals surface area contributed by atoms with Gasteiger partial charge in [-0.3, -0.25) is 4.79 Å². The van der Waals surface area contributed by atoms with Crippen molar-refractivity contribution in [2.75, 3.05) is 0 Å². The van der Waals surface area contributed by atoms with Gasteiger partial charge in [0.05, 0.1) is 12.1 Å². The van der Waals surface area contributed by atoms with Crippen LogP contribution in [0.1, 0.15) is 58.3 Å². The summed E-state index contributed by atoms with van der Waals surface area (Å²) in [5, 5.41) is 11.8. The maximum absolute atomic E-state index is 12.0. The fourth-order valence-electron chi connectivity index (χ4n) is 2.95. The van der Waals surface area contributed by atoms with E-state index in [1.165, 1.54) is 19.3 Å². The zero-order chi connectivity index (χ0) is 13.2. The van der Waals surface area contributed by atoms with Crippen molar-refractivity contribution in [3.63, 3.8) is 0 Å². The highest BCUT2D eigenvalue weighted by atomic mass is 16.2. The predicted octanol–water partition coefficient (Wildman–Crippen LogP) is 1.85. The van der Waals surface area contributed by atoms with E-state index in [1.807, 2.05) is 0 Å². The van der Waals surface area contributed by atoms with Gasteiger partial charge in [0.1, 0.15) is 5.54 Å². The molecule has 2 fully saturated rings. The molecule has 2 aliphatic carbocycles. The first-order valence-electron chi connectivity index (χ1n) is 6.98. The highest BCUT2D eigenvalue weighted by Gasteiger charge is 2.45. The molecule has 0 aromatic heterocycles. The minimum atomic E-state index is -0.595. The van der Waals surface area contributed by atoms with Crippen molar-refractivity contribution in [1.82, 2.24) is 5.32 Å². The second-order valence-corrected chi connectivity index (χ2v) is 6.37. The second kappa shape index (κ2) is 4.89. The lowest BCUT2D eigenvalue weighted by atomic mass is 9.72. The molecule has 0 spiro atoms. The van der Waals surface area contributed by atoms with E-state index >= 15 is 0 Å². The molecule has 0 heterocycles. The Bertz CT molecular complexity index is 362. The van der Waals surface area contributed by atoms with Crippen LogP contribution in [-0.4, -0.2) is 17.5 Å². The Balaban J connectivity index is 1.85. The summed E-state index contributed by atoms with van der Waals surface area (Å²) < 4.78 is 0. The normalized spacial score (nSPS) is 25.8. The maximum Gasteiger partial charge on any atom is 0.238 e. The van der Waals surface area contributed by atoms with Gasteiger partial charge in [0.25, 0.3) is 0 Å². The minimum absolute atomic E-state index is 0.152. The Morgan fingerprint density at radius 3 is 2.44 bits per heavy atom. The zero-order valence-corrected chi connectivity index (χ0v) is 11.2. The number of carbonyl (C=O) groups is 1. The van der Waals surface area contributed by atoms with Crippen LogP contribution < -0.4 is 11.1 Å². The van der Waals surface area contributed by atoms with Crippen LogP contribution in [0.5, 0.6) is 0 Å². The number of nitrogens with zero attached hydrogens (tertiary/aromatic N) is 1. The van der Waals surface area contributed by atoms with Gasteiger partial charge in [-0.25, -0.2) is 0 Å². The van der Waals surface area contributed by atoms with E-state index < -0.39 is 11.6 Å². The average Bonchev–Trinajstić information content (AvgIpc) is 3.10. The molecule has 0 radical (unpaired) electrons.